The van der Waals surface area contributed by atoms with E-state index >= 15 is 0 Å². The highest BCUT2D eigenvalue weighted by Crippen LogP contribution is 2.16. The van der Waals surface area contributed by atoms with Gasteiger partial charge in [0.15, 0.2) is 0 Å². The van der Waals surface area contributed by atoms with Crippen LogP contribution in [0, 0.1) is 12.7 Å². The molecular weight excluding hydrogens is 219 g/mol. The highest BCUT2D eigenvalue weighted by atomic mass is 19.1. The highest BCUT2D eigenvalue weighted by molar-refractivity contribution is 5.28. The van der Waals surface area contributed by atoms with Gasteiger partial charge in [-0.05, 0) is 36.8 Å². The van der Waals surface area contributed by atoms with Crippen LogP contribution in [-0.4, -0.2) is 16.4 Å². The minimum atomic E-state index is -0.205. The number of aryl methyl sites for hydroxylation is 2. The second-order valence-corrected chi connectivity index (χ2v) is 3.96. The van der Waals surface area contributed by atoms with Crippen LogP contribution >= 0.6 is 0 Å². The summed E-state index contributed by atoms with van der Waals surface area (Å²) in [4.78, 5) is 0. The van der Waals surface area contributed by atoms with Gasteiger partial charge in [-0.3, -0.25) is 4.68 Å². The molecule has 2 aromatic rings. The van der Waals surface area contributed by atoms with Crippen molar-refractivity contribution in [3.63, 3.8) is 0 Å². The van der Waals surface area contributed by atoms with Gasteiger partial charge in [0.2, 0.25) is 0 Å². The molecule has 0 radical (unpaired) electrons. The Bertz CT molecular complexity index is 508. The predicted octanol–water partition coefficient (Wildman–Crippen LogP) is 2.49. The number of rotatable bonds is 4. The first-order chi connectivity index (χ1) is 8.16. The third-order valence-corrected chi connectivity index (χ3v) is 2.68. The van der Waals surface area contributed by atoms with Crippen LogP contribution in [0.15, 0.2) is 30.5 Å². The Morgan fingerprint density at radius 3 is 2.82 bits per heavy atom. The van der Waals surface area contributed by atoms with E-state index in [0.29, 0.717) is 17.9 Å². The van der Waals surface area contributed by atoms with Crippen molar-refractivity contribution in [1.82, 2.24) is 9.78 Å². The highest BCUT2D eigenvalue weighted by Gasteiger charge is 2.01. The normalized spacial score (nSPS) is 10.5. The van der Waals surface area contributed by atoms with Gasteiger partial charge in [-0.1, -0.05) is 0 Å². The summed E-state index contributed by atoms with van der Waals surface area (Å²) in [5, 5.41) is 4.08. The van der Waals surface area contributed by atoms with Crippen molar-refractivity contribution in [3.05, 3.63) is 47.5 Å². The van der Waals surface area contributed by atoms with Gasteiger partial charge in [0.25, 0.3) is 0 Å². The van der Waals surface area contributed by atoms with Crippen LogP contribution in [0.5, 0.6) is 5.75 Å². The molecule has 0 unspecified atom stereocenters. The number of benzene rings is 1. The van der Waals surface area contributed by atoms with E-state index in [1.54, 1.807) is 25.3 Å². The topological polar surface area (TPSA) is 27.1 Å². The standard InChI is InChI=1S/C13H15FN2O/c1-10-9-12(3-4-13(10)14)17-8-6-11-5-7-15-16(11)2/h3-5,7,9H,6,8H2,1-2H3. The van der Waals surface area contributed by atoms with Gasteiger partial charge in [0, 0.05) is 25.4 Å². The first-order valence-electron chi connectivity index (χ1n) is 5.52. The Hall–Kier alpha value is -1.84. The number of aromatic nitrogens is 2. The van der Waals surface area contributed by atoms with E-state index in [-0.39, 0.29) is 5.82 Å². The minimum absolute atomic E-state index is 0.205. The average molecular weight is 234 g/mol. The van der Waals surface area contributed by atoms with Gasteiger partial charge in [-0.25, -0.2) is 4.39 Å². The molecule has 0 aliphatic heterocycles. The molecule has 1 heterocycles. The quantitative estimate of drug-likeness (QED) is 0.812. The van der Waals surface area contributed by atoms with Crippen LogP contribution in [0.1, 0.15) is 11.3 Å². The van der Waals surface area contributed by atoms with Crippen LogP contribution in [0.25, 0.3) is 0 Å². The Kier molecular flexibility index (Phi) is 3.42. The lowest BCUT2D eigenvalue weighted by atomic mass is 10.2. The molecule has 17 heavy (non-hydrogen) atoms. The van der Waals surface area contributed by atoms with E-state index < -0.39 is 0 Å². The molecule has 0 spiro atoms. The Labute approximate surface area is 99.8 Å². The molecule has 4 heteroatoms. The molecule has 2 rings (SSSR count). The van der Waals surface area contributed by atoms with Gasteiger partial charge in [0.05, 0.1) is 6.61 Å². The molecule has 0 atom stereocenters. The van der Waals surface area contributed by atoms with E-state index in [1.165, 1.54) is 6.07 Å². The zero-order valence-electron chi connectivity index (χ0n) is 9.98. The number of nitrogens with zero attached hydrogens (tertiary/aromatic N) is 2. The molecule has 90 valence electrons. The monoisotopic (exact) mass is 234 g/mol. The molecular formula is C13H15FN2O. The molecule has 3 nitrogen and oxygen atoms in total. The Balaban J connectivity index is 1.90. The summed E-state index contributed by atoms with van der Waals surface area (Å²) < 4.78 is 20.4. The van der Waals surface area contributed by atoms with Gasteiger partial charge >= 0.3 is 0 Å². The molecule has 0 bridgehead atoms. The van der Waals surface area contributed by atoms with Crippen LogP contribution in [-0.2, 0) is 13.5 Å². The fraction of sp³-hybridized carbons (Fsp3) is 0.308. The van der Waals surface area contributed by atoms with Gasteiger partial charge in [-0.2, -0.15) is 5.10 Å². The molecule has 0 N–H and O–H groups in total. The van der Waals surface area contributed by atoms with Crippen molar-refractivity contribution in [2.75, 3.05) is 6.61 Å². The summed E-state index contributed by atoms with van der Waals surface area (Å²) in [6, 6.07) is 6.73. The SMILES string of the molecule is Cc1cc(OCCc2ccnn2C)ccc1F. The van der Waals surface area contributed by atoms with E-state index in [1.807, 2.05) is 17.8 Å². The van der Waals surface area contributed by atoms with E-state index in [9.17, 15) is 4.39 Å². The van der Waals surface area contributed by atoms with Gasteiger partial charge in [-0.15, -0.1) is 0 Å². The minimum Gasteiger partial charge on any atom is -0.493 e. The van der Waals surface area contributed by atoms with E-state index in [0.717, 1.165) is 12.1 Å². The van der Waals surface area contributed by atoms with Crippen molar-refractivity contribution < 1.29 is 9.13 Å². The lowest BCUT2D eigenvalue weighted by Gasteiger charge is -2.07. The zero-order valence-corrected chi connectivity index (χ0v) is 9.98. The van der Waals surface area contributed by atoms with Crippen LogP contribution in [0.2, 0.25) is 0 Å². The van der Waals surface area contributed by atoms with Crippen molar-refractivity contribution in [2.45, 2.75) is 13.3 Å². The molecule has 1 aromatic carbocycles. The van der Waals surface area contributed by atoms with Gasteiger partial charge in [0.1, 0.15) is 11.6 Å². The fourth-order valence-electron chi connectivity index (χ4n) is 1.63. The van der Waals surface area contributed by atoms with Crippen LogP contribution in [0.4, 0.5) is 4.39 Å². The average Bonchev–Trinajstić information content (AvgIpc) is 2.70. The fourth-order valence-corrected chi connectivity index (χ4v) is 1.63. The number of hydrogen-bond donors (Lipinski definition) is 0. The van der Waals surface area contributed by atoms with Crippen LogP contribution in [0.3, 0.4) is 0 Å². The Morgan fingerprint density at radius 2 is 2.18 bits per heavy atom. The smallest absolute Gasteiger partial charge is 0.126 e. The van der Waals surface area contributed by atoms with E-state index in [4.69, 9.17) is 4.74 Å². The summed E-state index contributed by atoms with van der Waals surface area (Å²) in [5.41, 5.74) is 1.71. The molecule has 0 fully saturated rings. The maximum absolute atomic E-state index is 13.0. The molecule has 0 aliphatic rings. The molecule has 0 saturated carbocycles. The molecule has 1 aromatic heterocycles. The predicted molar refractivity (Wildman–Crippen MR) is 63.5 cm³/mol. The lowest BCUT2D eigenvalue weighted by molar-refractivity contribution is 0.317. The zero-order chi connectivity index (χ0) is 12.3. The first-order valence-corrected chi connectivity index (χ1v) is 5.52. The number of hydrogen-bond acceptors (Lipinski definition) is 2. The summed E-state index contributed by atoms with van der Waals surface area (Å²) >= 11 is 0. The summed E-state index contributed by atoms with van der Waals surface area (Å²) in [5.74, 6) is 0.495. The summed E-state index contributed by atoms with van der Waals surface area (Å²) in [6.45, 7) is 2.29. The Morgan fingerprint density at radius 1 is 1.35 bits per heavy atom. The second-order valence-electron chi connectivity index (χ2n) is 3.96. The lowest BCUT2D eigenvalue weighted by Crippen LogP contribution is -2.06. The van der Waals surface area contributed by atoms with Crippen molar-refractivity contribution >= 4 is 0 Å². The number of ether oxygens (including phenoxy) is 1. The number of halogens is 1. The third-order valence-electron chi connectivity index (χ3n) is 2.68. The molecule has 0 saturated heterocycles. The maximum Gasteiger partial charge on any atom is 0.126 e. The second kappa shape index (κ2) is 4.99. The molecule has 0 aliphatic carbocycles. The largest absolute Gasteiger partial charge is 0.493 e. The van der Waals surface area contributed by atoms with Crippen molar-refractivity contribution in [3.8, 4) is 5.75 Å². The van der Waals surface area contributed by atoms with E-state index in [2.05, 4.69) is 5.10 Å². The first kappa shape index (κ1) is 11.6. The maximum atomic E-state index is 13.0. The molecule has 0 amide bonds. The summed E-state index contributed by atoms with van der Waals surface area (Å²) in [7, 11) is 1.90. The third kappa shape index (κ3) is 2.84. The van der Waals surface area contributed by atoms with Crippen molar-refractivity contribution in [2.24, 2.45) is 7.05 Å². The summed E-state index contributed by atoms with van der Waals surface area (Å²) in [6.07, 6.45) is 2.55. The van der Waals surface area contributed by atoms with Crippen molar-refractivity contribution in [1.29, 1.82) is 0 Å². The van der Waals surface area contributed by atoms with Gasteiger partial charge < -0.3 is 4.74 Å². The van der Waals surface area contributed by atoms with Crippen LogP contribution < -0.4 is 4.74 Å².